The Hall–Kier alpha value is -1.65. The Labute approximate surface area is 98.6 Å². The maximum absolute atomic E-state index is 13.3. The van der Waals surface area contributed by atoms with Gasteiger partial charge < -0.3 is 10.5 Å². The van der Waals surface area contributed by atoms with E-state index in [9.17, 15) is 13.6 Å². The number of esters is 1. The molecule has 0 spiro atoms. The van der Waals surface area contributed by atoms with Crippen LogP contribution in [0.3, 0.4) is 0 Å². The molecule has 2 N–H and O–H groups in total. The molecule has 94 valence electrons. The first-order valence-electron chi connectivity index (χ1n) is 5.41. The largest absolute Gasteiger partial charge is 0.459 e. The first-order chi connectivity index (χ1) is 7.95. The predicted molar refractivity (Wildman–Crippen MR) is 60.6 cm³/mol. The molecule has 0 aromatic heterocycles. The van der Waals surface area contributed by atoms with Crippen LogP contribution < -0.4 is 5.73 Å². The molecular formula is C12H15F2NO2. The number of halogens is 2. The third kappa shape index (κ3) is 3.41. The van der Waals surface area contributed by atoms with Crippen LogP contribution in [0, 0.1) is 11.6 Å². The molecule has 1 rings (SSSR count). The van der Waals surface area contributed by atoms with Gasteiger partial charge in [0.1, 0.15) is 11.6 Å². The van der Waals surface area contributed by atoms with Gasteiger partial charge in [-0.1, -0.05) is 13.3 Å². The Morgan fingerprint density at radius 2 is 2.06 bits per heavy atom. The summed E-state index contributed by atoms with van der Waals surface area (Å²) in [5, 5.41) is 0. The van der Waals surface area contributed by atoms with Crippen LogP contribution in [0.2, 0.25) is 0 Å². The van der Waals surface area contributed by atoms with Crippen LogP contribution >= 0.6 is 0 Å². The van der Waals surface area contributed by atoms with Gasteiger partial charge in [0.15, 0.2) is 0 Å². The molecule has 0 aliphatic carbocycles. The Kier molecular flexibility index (Phi) is 4.43. The fraction of sp³-hybridized carbons (Fsp3) is 0.417. The van der Waals surface area contributed by atoms with Crippen LogP contribution in [-0.4, -0.2) is 12.1 Å². The van der Waals surface area contributed by atoms with E-state index in [0.717, 1.165) is 12.5 Å². The van der Waals surface area contributed by atoms with Gasteiger partial charge >= 0.3 is 5.97 Å². The Bertz CT molecular complexity index is 421. The van der Waals surface area contributed by atoms with E-state index in [2.05, 4.69) is 0 Å². The Balaban J connectivity index is 2.86. The van der Waals surface area contributed by atoms with E-state index in [0.29, 0.717) is 12.5 Å². The lowest BCUT2D eigenvalue weighted by Crippen LogP contribution is -2.16. The van der Waals surface area contributed by atoms with Gasteiger partial charge in [-0.05, 0) is 19.4 Å². The first-order valence-corrected chi connectivity index (χ1v) is 5.41. The number of rotatable bonds is 4. The molecule has 0 radical (unpaired) electrons. The van der Waals surface area contributed by atoms with Crippen molar-refractivity contribution in [1.29, 1.82) is 0 Å². The topological polar surface area (TPSA) is 52.3 Å². The van der Waals surface area contributed by atoms with Crippen molar-refractivity contribution in [1.82, 2.24) is 0 Å². The van der Waals surface area contributed by atoms with Gasteiger partial charge in [-0.25, -0.2) is 13.6 Å². The van der Waals surface area contributed by atoms with Crippen LogP contribution in [0.5, 0.6) is 0 Å². The summed E-state index contributed by atoms with van der Waals surface area (Å²) in [7, 11) is 0. The van der Waals surface area contributed by atoms with Gasteiger partial charge in [0, 0.05) is 6.07 Å². The van der Waals surface area contributed by atoms with E-state index in [1.165, 1.54) is 0 Å². The molecule has 5 heteroatoms. The molecule has 0 aliphatic rings. The van der Waals surface area contributed by atoms with Crippen molar-refractivity contribution in [2.24, 2.45) is 0 Å². The minimum absolute atomic E-state index is 0.276. The lowest BCUT2D eigenvalue weighted by Gasteiger charge is -2.12. The fourth-order valence-corrected chi connectivity index (χ4v) is 1.43. The molecular weight excluding hydrogens is 228 g/mol. The SMILES string of the molecule is CCCC(C)OC(=O)c1cc(N)c(F)cc1F. The number of hydrogen-bond donors (Lipinski definition) is 1. The van der Waals surface area contributed by atoms with E-state index >= 15 is 0 Å². The maximum Gasteiger partial charge on any atom is 0.341 e. The van der Waals surface area contributed by atoms with Crippen molar-refractivity contribution in [3.8, 4) is 0 Å². The first kappa shape index (κ1) is 13.4. The highest BCUT2D eigenvalue weighted by Gasteiger charge is 2.18. The van der Waals surface area contributed by atoms with Crippen molar-refractivity contribution >= 4 is 11.7 Å². The lowest BCUT2D eigenvalue weighted by atomic mass is 10.1. The quantitative estimate of drug-likeness (QED) is 0.653. The normalized spacial score (nSPS) is 12.2. The standard InChI is InChI=1S/C12H15F2NO2/c1-3-4-7(2)17-12(16)8-5-11(15)10(14)6-9(8)13/h5-7H,3-4,15H2,1-2H3. The Morgan fingerprint density at radius 1 is 1.41 bits per heavy atom. The predicted octanol–water partition coefficient (Wildman–Crippen LogP) is 2.89. The van der Waals surface area contributed by atoms with Gasteiger partial charge in [0.2, 0.25) is 0 Å². The smallest absolute Gasteiger partial charge is 0.341 e. The minimum atomic E-state index is -0.967. The molecule has 1 aromatic carbocycles. The molecule has 0 fully saturated rings. The summed E-state index contributed by atoms with van der Waals surface area (Å²) >= 11 is 0. The molecule has 1 unspecified atom stereocenters. The molecule has 0 heterocycles. The zero-order valence-corrected chi connectivity index (χ0v) is 9.80. The number of anilines is 1. The molecule has 0 saturated heterocycles. The number of hydrogen-bond acceptors (Lipinski definition) is 3. The number of ether oxygens (including phenoxy) is 1. The summed E-state index contributed by atoms with van der Waals surface area (Å²) in [5.41, 5.74) is 4.65. The van der Waals surface area contributed by atoms with E-state index in [1.54, 1.807) is 6.92 Å². The number of nitrogen functional groups attached to an aromatic ring is 1. The average molecular weight is 243 g/mol. The van der Waals surface area contributed by atoms with Crippen molar-refractivity contribution in [3.63, 3.8) is 0 Å². The number of nitrogens with two attached hydrogens (primary N) is 1. The highest BCUT2D eigenvalue weighted by molar-refractivity contribution is 5.90. The minimum Gasteiger partial charge on any atom is -0.459 e. The van der Waals surface area contributed by atoms with Crippen molar-refractivity contribution in [3.05, 3.63) is 29.3 Å². The highest BCUT2D eigenvalue weighted by atomic mass is 19.1. The second-order valence-electron chi connectivity index (χ2n) is 3.86. The van der Waals surface area contributed by atoms with Crippen molar-refractivity contribution < 1.29 is 18.3 Å². The highest BCUT2D eigenvalue weighted by Crippen LogP contribution is 2.18. The monoisotopic (exact) mass is 243 g/mol. The molecule has 0 aliphatic heterocycles. The Morgan fingerprint density at radius 3 is 2.65 bits per heavy atom. The van der Waals surface area contributed by atoms with Crippen molar-refractivity contribution in [2.45, 2.75) is 32.8 Å². The summed E-state index contributed by atoms with van der Waals surface area (Å²) in [6.45, 7) is 3.66. The van der Waals surface area contributed by atoms with Gasteiger partial charge in [0.25, 0.3) is 0 Å². The number of benzene rings is 1. The van der Waals surface area contributed by atoms with Crippen LogP contribution in [0.1, 0.15) is 37.0 Å². The van der Waals surface area contributed by atoms with Crippen LogP contribution in [0.4, 0.5) is 14.5 Å². The van der Waals surface area contributed by atoms with E-state index in [-0.39, 0.29) is 17.4 Å². The second kappa shape index (κ2) is 5.61. The summed E-state index contributed by atoms with van der Waals surface area (Å²) in [6.07, 6.45) is 1.23. The zero-order valence-electron chi connectivity index (χ0n) is 9.80. The molecule has 3 nitrogen and oxygen atoms in total. The molecule has 0 bridgehead atoms. The van der Waals surface area contributed by atoms with E-state index in [1.807, 2.05) is 6.92 Å². The van der Waals surface area contributed by atoms with Gasteiger partial charge in [-0.2, -0.15) is 0 Å². The molecule has 0 amide bonds. The number of carbonyl (C=O) groups excluding carboxylic acids is 1. The molecule has 0 saturated carbocycles. The van der Waals surface area contributed by atoms with E-state index < -0.39 is 17.6 Å². The summed E-state index contributed by atoms with van der Waals surface area (Å²) < 4.78 is 31.2. The van der Waals surface area contributed by atoms with Gasteiger partial charge in [-0.3, -0.25) is 0 Å². The van der Waals surface area contributed by atoms with Gasteiger partial charge in [0.05, 0.1) is 17.4 Å². The summed E-state index contributed by atoms with van der Waals surface area (Å²) in [6, 6.07) is 1.53. The second-order valence-corrected chi connectivity index (χ2v) is 3.86. The third-order valence-electron chi connectivity index (χ3n) is 2.31. The van der Waals surface area contributed by atoms with Crippen LogP contribution in [-0.2, 0) is 4.74 Å². The third-order valence-corrected chi connectivity index (χ3v) is 2.31. The van der Waals surface area contributed by atoms with E-state index in [4.69, 9.17) is 10.5 Å². The fourth-order valence-electron chi connectivity index (χ4n) is 1.43. The molecule has 1 aromatic rings. The van der Waals surface area contributed by atoms with Gasteiger partial charge in [-0.15, -0.1) is 0 Å². The van der Waals surface area contributed by atoms with Crippen LogP contribution in [0.25, 0.3) is 0 Å². The lowest BCUT2D eigenvalue weighted by molar-refractivity contribution is 0.0318. The molecule has 1 atom stereocenters. The average Bonchev–Trinajstić information content (AvgIpc) is 2.23. The summed E-state index contributed by atoms with van der Waals surface area (Å²) in [5.74, 6) is -2.68. The zero-order chi connectivity index (χ0) is 13.0. The number of carbonyl (C=O) groups is 1. The maximum atomic E-state index is 13.3. The van der Waals surface area contributed by atoms with Crippen molar-refractivity contribution in [2.75, 3.05) is 5.73 Å². The van der Waals surface area contributed by atoms with Crippen LogP contribution in [0.15, 0.2) is 12.1 Å². The summed E-state index contributed by atoms with van der Waals surface area (Å²) in [4.78, 5) is 11.6. The molecule has 17 heavy (non-hydrogen) atoms.